The summed E-state index contributed by atoms with van der Waals surface area (Å²) in [6.45, 7) is 2.74. The summed E-state index contributed by atoms with van der Waals surface area (Å²) in [6, 6.07) is 16.1. The van der Waals surface area contributed by atoms with Crippen LogP contribution in [-0.2, 0) is 22.4 Å². The van der Waals surface area contributed by atoms with E-state index in [1.54, 1.807) is 62.4 Å². The van der Waals surface area contributed by atoms with Crippen molar-refractivity contribution in [1.29, 1.82) is 0 Å². The molecular formula is C29H30FNO6. The molecule has 1 aliphatic heterocycles. The summed E-state index contributed by atoms with van der Waals surface area (Å²) in [5.41, 5.74) is 3.14. The number of methoxy groups -OCH3 is 2. The van der Waals surface area contributed by atoms with Crippen LogP contribution < -0.4 is 14.2 Å². The predicted molar refractivity (Wildman–Crippen MR) is 136 cm³/mol. The maximum absolute atomic E-state index is 13.4. The molecule has 0 saturated carbocycles. The summed E-state index contributed by atoms with van der Waals surface area (Å²) >= 11 is 0. The molecule has 7 nitrogen and oxygen atoms in total. The second-order valence-electron chi connectivity index (χ2n) is 8.62. The number of fused-ring (bicyclic) bond motifs is 1. The molecule has 1 atom stereocenters. The Bertz CT molecular complexity index is 1240. The van der Waals surface area contributed by atoms with E-state index in [2.05, 4.69) is 0 Å². The van der Waals surface area contributed by atoms with Crippen LogP contribution in [0.15, 0.2) is 60.7 Å². The highest BCUT2D eigenvalue weighted by molar-refractivity contribution is 5.89. The lowest BCUT2D eigenvalue weighted by atomic mass is 9.91. The van der Waals surface area contributed by atoms with E-state index in [9.17, 15) is 14.0 Å². The number of amides is 1. The highest BCUT2D eigenvalue weighted by atomic mass is 19.1. The molecule has 3 aromatic rings. The zero-order valence-electron chi connectivity index (χ0n) is 21.2. The lowest BCUT2D eigenvalue weighted by molar-refractivity contribution is -0.134. The van der Waals surface area contributed by atoms with Crippen LogP contribution in [0.1, 0.15) is 40.0 Å². The SMILES string of the molecule is CCOC(=O)c1ccc(OC[C@H]2c3cc(OC)c(OC)cc3CCN2C(=O)Cc2ccc(F)cc2)cc1. The molecule has 1 heterocycles. The van der Waals surface area contributed by atoms with E-state index in [1.807, 2.05) is 12.1 Å². The van der Waals surface area contributed by atoms with E-state index >= 15 is 0 Å². The number of hydrogen-bond donors (Lipinski definition) is 0. The minimum Gasteiger partial charge on any atom is -0.493 e. The Hall–Kier alpha value is -4.07. The second-order valence-corrected chi connectivity index (χ2v) is 8.62. The molecule has 0 bridgehead atoms. The van der Waals surface area contributed by atoms with Gasteiger partial charge in [-0.15, -0.1) is 0 Å². The van der Waals surface area contributed by atoms with Crippen molar-refractivity contribution >= 4 is 11.9 Å². The Morgan fingerprint density at radius 2 is 1.65 bits per heavy atom. The van der Waals surface area contributed by atoms with E-state index < -0.39 is 5.97 Å². The number of hydrogen-bond acceptors (Lipinski definition) is 6. The van der Waals surface area contributed by atoms with Gasteiger partial charge in [0.25, 0.3) is 0 Å². The average molecular weight is 508 g/mol. The van der Waals surface area contributed by atoms with E-state index in [0.29, 0.717) is 42.4 Å². The minimum atomic E-state index is -0.395. The van der Waals surface area contributed by atoms with Crippen molar-refractivity contribution in [1.82, 2.24) is 4.90 Å². The highest BCUT2D eigenvalue weighted by Crippen LogP contribution is 2.38. The smallest absolute Gasteiger partial charge is 0.338 e. The largest absolute Gasteiger partial charge is 0.493 e. The number of halogens is 1. The molecule has 0 radical (unpaired) electrons. The maximum Gasteiger partial charge on any atom is 0.338 e. The zero-order valence-corrected chi connectivity index (χ0v) is 21.2. The lowest BCUT2D eigenvalue weighted by Gasteiger charge is -2.37. The van der Waals surface area contributed by atoms with Gasteiger partial charge in [-0.25, -0.2) is 9.18 Å². The van der Waals surface area contributed by atoms with Crippen LogP contribution >= 0.6 is 0 Å². The van der Waals surface area contributed by atoms with Gasteiger partial charge in [-0.2, -0.15) is 0 Å². The van der Waals surface area contributed by atoms with Crippen molar-refractivity contribution in [3.05, 3.63) is 88.7 Å². The second kappa shape index (κ2) is 11.8. The van der Waals surface area contributed by atoms with E-state index in [1.165, 1.54) is 12.1 Å². The molecular weight excluding hydrogens is 477 g/mol. The molecule has 1 aliphatic rings. The van der Waals surface area contributed by atoms with Gasteiger partial charge in [0, 0.05) is 6.54 Å². The maximum atomic E-state index is 13.4. The molecule has 0 unspecified atom stereocenters. The third kappa shape index (κ3) is 6.02. The van der Waals surface area contributed by atoms with E-state index in [4.69, 9.17) is 18.9 Å². The van der Waals surface area contributed by atoms with Crippen LogP contribution in [0.4, 0.5) is 4.39 Å². The Labute approximate surface area is 215 Å². The van der Waals surface area contributed by atoms with E-state index in [-0.39, 0.29) is 30.8 Å². The molecule has 194 valence electrons. The first-order valence-electron chi connectivity index (χ1n) is 12.1. The van der Waals surface area contributed by atoms with Crippen molar-refractivity contribution in [3.8, 4) is 17.2 Å². The number of carbonyl (C=O) groups excluding carboxylic acids is 2. The van der Waals surface area contributed by atoms with Crippen molar-refractivity contribution in [3.63, 3.8) is 0 Å². The van der Waals surface area contributed by atoms with Gasteiger partial charge < -0.3 is 23.8 Å². The Kier molecular flexibility index (Phi) is 8.28. The summed E-state index contributed by atoms with van der Waals surface area (Å²) in [6.07, 6.45) is 0.795. The average Bonchev–Trinajstić information content (AvgIpc) is 2.92. The standard InChI is InChI=1S/C29H30FNO6/c1-4-36-29(33)20-7-11-23(12-8-20)37-18-25-24-17-27(35-3)26(34-2)16-21(24)13-14-31(25)28(32)15-19-5-9-22(30)10-6-19/h5-12,16-17,25H,4,13-15,18H2,1-3H3/t25-/m0/s1. The van der Waals surface area contributed by atoms with Crippen molar-refractivity contribution in [2.45, 2.75) is 25.8 Å². The Morgan fingerprint density at radius 3 is 2.30 bits per heavy atom. The number of carbonyl (C=O) groups is 2. The van der Waals surface area contributed by atoms with E-state index in [0.717, 1.165) is 16.7 Å². The van der Waals surface area contributed by atoms with Crippen LogP contribution in [0.5, 0.6) is 17.2 Å². The first kappa shape index (κ1) is 26.0. The summed E-state index contributed by atoms with van der Waals surface area (Å²) in [5.74, 6) is 0.933. The molecule has 0 spiro atoms. The summed E-state index contributed by atoms with van der Waals surface area (Å²) in [7, 11) is 3.16. The molecule has 0 aliphatic carbocycles. The molecule has 0 fully saturated rings. The van der Waals surface area contributed by atoms with Gasteiger partial charge in [0.2, 0.25) is 5.91 Å². The summed E-state index contributed by atoms with van der Waals surface area (Å²) in [4.78, 5) is 27.2. The normalized spacial score (nSPS) is 14.5. The monoisotopic (exact) mass is 507 g/mol. The zero-order chi connectivity index (χ0) is 26.4. The van der Waals surface area contributed by atoms with Crippen molar-refractivity contribution in [2.24, 2.45) is 0 Å². The highest BCUT2D eigenvalue weighted by Gasteiger charge is 2.33. The third-order valence-electron chi connectivity index (χ3n) is 6.36. The topological polar surface area (TPSA) is 74.3 Å². The van der Waals surface area contributed by atoms with Gasteiger partial charge in [0.1, 0.15) is 18.2 Å². The quantitative estimate of drug-likeness (QED) is 0.389. The van der Waals surface area contributed by atoms with Gasteiger partial charge in [-0.3, -0.25) is 4.79 Å². The molecule has 0 saturated heterocycles. The van der Waals surface area contributed by atoms with Crippen molar-refractivity contribution < 1.29 is 32.9 Å². The molecule has 8 heteroatoms. The Balaban J connectivity index is 1.59. The molecule has 1 amide bonds. The van der Waals surface area contributed by atoms with Crippen LogP contribution in [0.25, 0.3) is 0 Å². The number of esters is 1. The van der Waals surface area contributed by atoms with Gasteiger partial charge >= 0.3 is 5.97 Å². The van der Waals surface area contributed by atoms with Gasteiger partial charge in [-0.05, 0) is 78.6 Å². The predicted octanol–water partition coefficient (Wildman–Crippen LogP) is 4.77. The van der Waals surface area contributed by atoms with Gasteiger partial charge in [0.05, 0.1) is 38.9 Å². The minimum absolute atomic E-state index is 0.0849. The number of benzene rings is 3. The fourth-order valence-electron chi connectivity index (χ4n) is 4.46. The Morgan fingerprint density at radius 1 is 0.973 bits per heavy atom. The van der Waals surface area contributed by atoms with Crippen LogP contribution in [0.3, 0.4) is 0 Å². The lowest BCUT2D eigenvalue weighted by Crippen LogP contribution is -2.43. The fraction of sp³-hybridized carbons (Fsp3) is 0.310. The molecule has 0 aromatic heterocycles. The summed E-state index contributed by atoms with van der Waals surface area (Å²) in [5, 5.41) is 0. The van der Waals surface area contributed by atoms with Crippen molar-refractivity contribution in [2.75, 3.05) is 34.0 Å². The molecule has 4 rings (SSSR count). The van der Waals surface area contributed by atoms with Crippen LogP contribution in [-0.4, -0.2) is 50.8 Å². The molecule has 0 N–H and O–H groups in total. The molecule has 37 heavy (non-hydrogen) atoms. The molecule has 3 aromatic carbocycles. The van der Waals surface area contributed by atoms with Crippen LogP contribution in [0.2, 0.25) is 0 Å². The first-order chi connectivity index (χ1) is 17.9. The number of nitrogens with zero attached hydrogens (tertiary/aromatic N) is 1. The van der Waals surface area contributed by atoms with Gasteiger partial charge in [0.15, 0.2) is 11.5 Å². The first-order valence-corrected chi connectivity index (χ1v) is 12.1. The summed E-state index contributed by atoms with van der Waals surface area (Å²) < 4.78 is 35.5. The number of rotatable bonds is 9. The van der Waals surface area contributed by atoms with Crippen LogP contribution in [0, 0.1) is 5.82 Å². The van der Waals surface area contributed by atoms with Gasteiger partial charge in [-0.1, -0.05) is 12.1 Å². The fourth-order valence-corrected chi connectivity index (χ4v) is 4.46. The third-order valence-corrected chi connectivity index (χ3v) is 6.36. The number of ether oxygens (including phenoxy) is 4.